The topological polar surface area (TPSA) is 46.3 Å². The molecule has 2 aromatic rings. The first-order valence-electron chi connectivity index (χ1n) is 6.96. The van der Waals surface area contributed by atoms with Crippen LogP contribution in [0, 0.1) is 12.7 Å². The molecule has 21 heavy (non-hydrogen) atoms. The van der Waals surface area contributed by atoms with Gasteiger partial charge in [0.05, 0.1) is 0 Å². The van der Waals surface area contributed by atoms with E-state index in [0.29, 0.717) is 30.8 Å². The molecule has 0 saturated carbocycles. The number of benzene rings is 2. The van der Waals surface area contributed by atoms with Gasteiger partial charge in [-0.15, -0.1) is 0 Å². The van der Waals surface area contributed by atoms with Crippen LogP contribution in [0.5, 0.6) is 0 Å². The van der Waals surface area contributed by atoms with Gasteiger partial charge in [-0.1, -0.05) is 17.7 Å². The Morgan fingerprint density at radius 2 is 1.90 bits per heavy atom. The number of rotatable bonds is 5. The quantitative estimate of drug-likeness (QED) is 0.918. The molecule has 0 aliphatic rings. The SMILES string of the molecule is Cc1cccc(C(=O)N(CCCN)c2ccc(F)cc2)c1. The molecule has 110 valence electrons. The van der Waals surface area contributed by atoms with Crippen LogP contribution in [0.15, 0.2) is 48.5 Å². The lowest BCUT2D eigenvalue weighted by atomic mass is 10.1. The molecule has 0 spiro atoms. The van der Waals surface area contributed by atoms with Gasteiger partial charge in [-0.25, -0.2) is 4.39 Å². The highest BCUT2D eigenvalue weighted by atomic mass is 19.1. The summed E-state index contributed by atoms with van der Waals surface area (Å²) in [5.41, 5.74) is 7.87. The van der Waals surface area contributed by atoms with Crippen LogP contribution in [0.4, 0.5) is 10.1 Å². The van der Waals surface area contributed by atoms with Crippen molar-refractivity contribution in [1.82, 2.24) is 0 Å². The molecule has 0 unspecified atom stereocenters. The Bertz CT molecular complexity index is 610. The summed E-state index contributed by atoms with van der Waals surface area (Å²) in [5.74, 6) is -0.417. The fourth-order valence-electron chi connectivity index (χ4n) is 2.15. The maximum atomic E-state index is 13.1. The number of nitrogens with two attached hydrogens (primary N) is 1. The Morgan fingerprint density at radius 3 is 2.52 bits per heavy atom. The van der Waals surface area contributed by atoms with Gasteiger partial charge in [0.25, 0.3) is 5.91 Å². The van der Waals surface area contributed by atoms with E-state index in [2.05, 4.69) is 0 Å². The van der Waals surface area contributed by atoms with E-state index in [1.165, 1.54) is 12.1 Å². The van der Waals surface area contributed by atoms with Crippen LogP contribution in [0.2, 0.25) is 0 Å². The lowest BCUT2D eigenvalue weighted by Gasteiger charge is -2.23. The summed E-state index contributed by atoms with van der Waals surface area (Å²) in [5, 5.41) is 0. The molecular formula is C17H19FN2O. The molecule has 2 aromatic carbocycles. The highest BCUT2D eigenvalue weighted by Gasteiger charge is 2.17. The zero-order valence-electron chi connectivity index (χ0n) is 12.1. The third kappa shape index (κ3) is 3.89. The predicted molar refractivity (Wildman–Crippen MR) is 82.9 cm³/mol. The highest BCUT2D eigenvalue weighted by Crippen LogP contribution is 2.19. The van der Waals surface area contributed by atoms with Crippen molar-refractivity contribution in [2.24, 2.45) is 5.73 Å². The summed E-state index contributed by atoms with van der Waals surface area (Å²) >= 11 is 0. The van der Waals surface area contributed by atoms with Crippen LogP contribution in [-0.4, -0.2) is 19.0 Å². The van der Waals surface area contributed by atoms with Gasteiger partial charge in [-0.2, -0.15) is 0 Å². The minimum Gasteiger partial charge on any atom is -0.330 e. The van der Waals surface area contributed by atoms with Gasteiger partial charge in [0.15, 0.2) is 0 Å². The van der Waals surface area contributed by atoms with Crippen LogP contribution in [0.25, 0.3) is 0 Å². The van der Waals surface area contributed by atoms with Crippen LogP contribution in [-0.2, 0) is 0 Å². The van der Waals surface area contributed by atoms with E-state index >= 15 is 0 Å². The van der Waals surface area contributed by atoms with Crippen LogP contribution < -0.4 is 10.6 Å². The van der Waals surface area contributed by atoms with E-state index in [4.69, 9.17) is 5.73 Å². The average Bonchev–Trinajstić information content (AvgIpc) is 2.49. The molecule has 2 N–H and O–H groups in total. The largest absolute Gasteiger partial charge is 0.330 e. The minimum atomic E-state index is -0.319. The van der Waals surface area contributed by atoms with E-state index in [1.54, 1.807) is 23.1 Å². The highest BCUT2D eigenvalue weighted by molar-refractivity contribution is 6.06. The van der Waals surface area contributed by atoms with Crippen LogP contribution in [0.1, 0.15) is 22.3 Å². The van der Waals surface area contributed by atoms with E-state index in [9.17, 15) is 9.18 Å². The van der Waals surface area contributed by atoms with Crippen molar-refractivity contribution in [3.05, 3.63) is 65.5 Å². The Labute approximate surface area is 124 Å². The Hall–Kier alpha value is -2.20. The molecule has 0 aliphatic heterocycles. The number of anilines is 1. The monoisotopic (exact) mass is 286 g/mol. The lowest BCUT2D eigenvalue weighted by molar-refractivity contribution is 0.0986. The number of hydrogen-bond donors (Lipinski definition) is 1. The van der Waals surface area contributed by atoms with E-state index in [1.807, 2.05) is 25.1 Å². The first-order valence-corrected chi connectivity index (χ1v) is 6.96. The number of nitrogens with zero attached hydrogens (tertiary/aromatic N) is 1. The predicted octanol–water partition coefficient (Wildman–Crippen LogP) is 3.13. The van der Waals surface area contributed by atoms with Crippen molar-refractivity contribution in [2.45, 2.75) is 13.3 Å². The Kier molecular flexibility index (Phi) is 5.06. The molecule has 0 saturated heterocycles. The average molecular weight is 286 g/mol. The fraction of sp³-hybridized carbons (Fsp3) is 0.235. The van der Waals surface area contributed by atoms with E-state index in [-0.39, 0.29) is 11.7 Å². The number of aryl methyl sites for hydroxylation is 1. The van der Waals surface area contributed by atoms with Crippen LogP contribution in [0.3, 0.4) is 0 Å². The fourth-order valence-corrected chi connectivity index (χ4v) is 2.15. The third-order valence-corrected chi connectivity index (χ3v) is 3.23. The number of carbonyl (C=O) groups excluding carboxylic acids is 1. The summed E-state index contributed by atoms with van der Waals surface area (Å²) < 4.78 is 13.1. The summed E-state index contributed by atoms with van der Waals surface area (Å²) in [6, 6.07) is 13.4. The van der Waals surface area contributed by atoms with Crippen molar-refractivity contribution < 1.29 is 9.18 Å². The first kappa shape index (κ1) is 15.2. The second kappa shape index (κ2) is 6.99. The Morgan fingerprint density at radius 1 is 1.19 bits per heavy atom. The van der Waals surface area contributed by atoms with Crippen molar-refractivity contribution in [1.29, 1.82) is 0 Å². The smallest absolute Gasteiger partial charge is 0.258 e. The number of halogens is 1. The number of carbonyl (C=O) groups is 1. The molecule has 0 aliphatic carbocycles. The van der Waals surface area contributed by atoms with E-state index in [0.717, 1.165) is 5.56 Å². The summed E-state index contributed by atoms with van der Waals surface area (Å²) in [7, 11) is 0. The van der Waals surface area contributed by atoms with Crippen molar-refractivity contribution in [2.75, 3.05) is 18.0 Å². The molecule has 0 atom stereocenters. The van der Waals surface area contributed by atoms with Crippen LogP contribution >= 0.6 is 0 Å². The second-order valence-corrected chi connectivity index (χ2v) is 4.94. The summed E-state index contributed by atoms with van der Waals surface area (Å²) in [6.45, 7) is 2.95. The Balaban J connectivity index is 2.31. The van der Waals surface area contributed by atoms with E-state index < -0.39 is 0 Å². The normalized spacial score (nSPS) is 10.4. The lowest BCUT2D eigenvalue weighted by Crippen LogP contribution is -2.33. The molecule has 3 nitrogen and oxygen atoms in total. The van der Waals surface area contributed by atoms with Crippen molar-refractivity contribution >= 4 is 11.6 Å². The zero-order chi connectivity index (χ0) is 15.2. The minimum absolute atomic E-state index is 0.0984. The van der Waals surface area contributed by atoms with Gasteiger partial charge >= 0.3 is 0 Å². The summed E-state index contributed by atoms with van der Waals surface area (Å²) in [6.07, 6.45) is 0.689. The van der Waals surface area contributed by atoms with Crippen molar-refractivity contribution in [3.8, 4) is 0 Å². The molecule has 0 radical (unpaired) electrons. The van der Waals surface area contributed by atoms with Gasteiger partial charge in [0, 0.05) is 17.8 Å². The second-order valence-electron chi connectivity index (χ2n) is 4.94. The van der Waals surface area contributed by atoms with Gasteiger partial charge in [-0.3, -0.25) is 4.79 Å². The van der Waals surface area contributed by atoms with Gasteiger partial charge in [0.1, 0.15) is 5.82 Å². The molecule has 0 bridgehead atoms. The molecular weight excluding hydrogens is 267 g/mol. The molecule has 0 aromatic heterocycles. The van der Waals surface area contributed by atoms with Gasteiger partial charge in [0.2, 0.25) is 0 Å². The van der Waals surface area contributed by atoms with Crippen molar-refractivity contribution in [3.63, 3.8) is 0 Å². The molecule has 2 rings (SSSR count). The van der Waals surface area contributed by atoms with Gasteiger partial charge < -0.3 is 10.6 Å². The first-order chi connectivity index (χ1) is 10.1. The molecule has 1 amide bonds. The molecule has 4 heteroatoms. The maximum Gasteiger partial charge on any atom is 0.258 e. The molecule has 0 heterocycles. The number of hydrogen-bond acceptors (Lipinski definition) is 2. The maximum absolute atomic E-state index is 13.1. The number of amides is 1. The third-order valence-electron chi connectivity index (χ3n) is 3.23. The standard InChI is InChI=1S/C17H19FN2O/c1-13-4-2-5-14(12-13)17(21)20(11-3-10-19)16-8-6-15(18)7-9-16/h2,4-9,12H,3,10-11,19H2,1H3. The summed E-state index contributed by atoms with van der Waals surface area (Å²) in [4.78, 5) is 14.3. The zero-order valence-corrected chi connectivity index (χ0v) is 12.1. The molecule has 0 fully saturated rings. The van der Waals surface area contributed by atoms with Gasteiger partial charge in [-0.05, 0) is 56.3 Å².